The molecule has 132 valence electrons. The SMILES string of the molecule is CC(=O)NCCCC(O)Cn1c2ccc(Br)cc2c2cc(Br)ccc21. The van der Waals surface area contributed by atoms with Gasteiger partial charge in [0, 0.05) is 50.8 Å². The molecule has 2 aromatic carbocycles. The van der Waals surface area contributed by atoms with E-state index in [1.165, 1.54) is 6.92 Å². The van der Waals surface area contributed by atoms with Gasteiger partial charge in [0.25, 0.3) is 0 Å². The number of amides is 1. The molecule has 4 nitrogen and oxygen atoms in total. The molecule has 1 amide bonds. The van der Waals surface area contributed by atoms with Gasteiger partial charge >= 0.3 is 0 Å². The zero-order valence-corrected chi connectivity index (χ0v) is 17.1. The van der Waals surface area contributed by atoms with E-state index in [-0.39, 0.29) is 5.91 Å². The Hall–Kier alpha value is -1.37. The number of halogens is 2. The molecule has 2 N–H and O–H groups in total. The van der Waals surface area contributed by atoms with Crippen molar-refractivity contribution < 1.29 is 9.90 Å². The number of aromatic nitrogens is 1. The summed E-state index contributed by atoms with van der Waals surface area (Å²) >= 11 is 7.09. The first kappa shape index (κ1) is 18.4. The summed E-state index contributed by atoms with van der Waals surface area (Å²) in [6, 6.07) is 12.4. The van der Waals surface area contributed by atoms with Crippen LogP contribution in [0.25, 0.3) is 21.8 Å². The van der Waals surface area contributed by atoms with Crippen molar-refractivity contribution in [3.63, 3.8) is 0 Å². The van der Waals surface area contributed by atoms with Crippen molar-refractivity contribution in [3.8, 4) is 0 Å². The lowest BCUT2D eigenvalue weighted by Crippen LogP contribution is -2.23. The highest BCUT2D eigenvalue weighted by Crippen LogP contribution is 2.33. The number of hydrogen-bond donors (Lipinski definition) is 2. The van der Waals surface area contributed by atoms with Crippen molar-refractivity contribution in [3.05, 3.63) is 45.3 Å². The normalized spacial score (nSPS) is 12.6. The lowest BCUT2D eigenvalue weighted by molar-refractivity contribution is -0.118. The van der Waals surface area contributed by atoms with Crippen LogP contribution < -0.4 is 5.32 Å². The Morgan fingerprint density at radius 1 is 1.12 bits per heavy atom. The zero-order valence-electron chi connectivity index (χ0n) is 13.9. The number of carbonyl (C=O) groups excluding carboxylic acids is 1. The first-order chi connectivity index (χ1) is 12.0. The predicted octanol–water partition coefficient (Wildman–Crippen LogP) is 4.60. The molecule has 0 saturated carbocycles. The monoisotopic (exact) mass is 466 g/mol. The van der Waals surface area contributed by atoms with Gasteiger partial charge in [-0.15, -0.1) is 0 Å². The second-order valence-electron chi connectivity index (χ2n) is 6.21. The van der Waals surface area contributed by atoms with Crippen molar-refractivity contribution in [2.75, 3.05) is 6.54 Å². The van der Waals surface area contributed by atoms with Gasteiger partial charge in [-0.1, -0.05) is 31.9 Å². The molecule has 0 aliphatic heterocycles. The van der Waals surface area contributed by atoms with E-state index in [2.05, 4.69) is 66.0 Å². The molecule has 0 fully saturated rings. The van der Waals surface area contributed by atoms with Crippen LogP contribution in [0, 0.1) is 0 Å². The summed E-state index contributed by atoms with van der Waals surface area (Å²) in [5.74, 6) is -0.0342. The summed E-state index contributed by atoms with van der Waals surface area (Å²) < 4.78 is 4.25. The Balaban J connectivity index is 1.88. The van der Waals surface area contributed by atoms with Gasteiger partial charge in [0.1, 0.15) is 0 Å². The largest absolute Gasteiger partial charge is 0.391 e. The van der Waals surface area contributed by atoms with E-state index in [0.717, 1.165) is 37.2 Å². The van der Waals surface area contributed by atoms with Crippen LogP contribution in [0.15, 0.2) is 45.3 Å². The number of hydrogen-bond acceptors (Lipinski definition) is 2. The molecule has 0 saturated heterocycles. The highest BCUT2D eigenvalue weighted by Gasteiger charge is 2.14. The van der Waals surface area contributed by atoms with Gasteiger partial charge in [0.15, 0.2) is 0 Å². The number of aliphatic hydroxyl groups excluding tert-OH is 1. The summed E-state index contributed by atoms with van der Waals surface area (Å²) in [5, 5.41) is 15.6. The van der Waals surface area contributed by atoms with E-state index in [0.29, 0.717) is 19.5 Å². The zero-order chi connectivity index (χ0) is 18.0. The first-order valence-corrected chi connectivity index (χ1v) is 9.84. The third-order valence-electron chi connectivity index (χ3n) is 4.27. The summed E-state index contributed by atoms with van der Waals surface area (Å²) in [7, 11) is 0. The van der Waals surface area contributed by atoms with Crippen LogP contribution in [-0.4, -0.2) is 28.2 Å². The molecule has 0 radical (unpaired) electrons. The van der Waals surface area contributed by atoms with Crippen molar-refractivity contribution in [2.24, 2.45) is 0 Å². The Labute approximate surface area is 163 Å². The van der Waals surface area contributed by atoms with E-state index in [1.54, 1.807) is 0 Å². The van der Waals surface area contributed by atoms with E-state index in [1.807, 2.05) is 12.1 Å². The van der Waals surface area contributed by atoms with Gasteiger partial charge in [-0.25, -0.2) is 0 Å². The molecule has 6 heteroatoms. The summed E-state index contributed by atoms with van der Waals surface area (Å²) in [6.45, 7) is 2.63. The van der Waals surface area contributed by atoms with Crippen LogP contribution in [0.3, 0.4) is 0 Å². The molecule has 3 rings (SSSR count). The van der Waals surface area contributed by atoms with Crippen LogP contribution in [0.2, 0.25) is 0 Å². The second kappa shape index (κ2) is 7.89. The van der Waals surface area contributed by atoms with Gasteiger partial charge in [-0.05, 0) is 49.2 Å². The standard InChI is InChI=1S/C19H20Br2N2O2/c1-12(24)22-8-2-3-15(25)11-23-18-6-4-13(20)9-16(18)17-10-14(21)5-7-19(17)23/h4-7,9-10,15,25H,2-3,8,11H2,1H3,(H,22,24). The average Bonchev–Trinajstić information content (AvgIpc) is 2.84. The molecule has 0 spiro atoms. The molecule has 0 aliphatic carbocycles. The highest BCUT2D eigenvalue weighted by molar-refractivity contribution is 9.10. The number of nitrogens with zero attached hydrogens (tertiary/aromatic N) is 1. The Morgan fingerprint density at radius 2 is 1.68 bits per heavy atom. The fourth-order valence-electron chi connectivity index (χ4n) is 3.15. The van der Waals surface area contributed by atoms with Crippen LogP contribution in [0.1, 0.15) is 19.8 Å². The topological polar surface area (TPSA) is 54.3 Å². The molecule has 25 heavy (non-hydrogen) atoms. The van der Waals surface area contributed by atoms with Gasteiger partial charge in [-0.3, -0.25) is 4.79 Å². The van der Waals surface area contributed by atoms with Crippen molar-refractivity contribution >= 4 is 59.6 Å². The fraction of sp³-hybridized carbons (Fsp3) is 0.316. The van der Waals surface area contributed by atoms with E-state index in [4.69, 9.17) is 0 Å². The summed E-state index contributed by atoms with van der Waals surface area (Å²) in [5.41, 5.74) is 2.22. The minimum atomic E-state index is -0.458. The number of benzene rings is 2. The molecule has 1 atom stereocenters. The Morgan fingerprint density at radius 3 is 2.20 bits per heavy atom. The van der Waals surface area contributed by atoms with Crippen LogP contribution in [-0.2, 0) is 11.3 Å². The predicted molar refractivity (Wildman–Crippen MR) is 109 cm³/mol. The Kier molecular flexibility index (Phi) is 5.81. The average molecular weight is 468 g/mol. The molecular weight excluding hydrogens is 448 g/mol. The number of rotatable bonds is 6. The molecule has 1 aromatic heterocycles. The third-order valence-corrected chi connectivity index (χ3v) is 5.26. The molecule has 0 bridgehead atoms. The molecule has 0 aliphatic rings. The molecule has 1 heterocycles. The Bertz CT molecular complexity index is 861. The lowest BCUT2D eigenvalue weighted by Gasteiger charge is -2.14. The lowest BCUT2D eigenvalue weighted by atomic mass is 10.2. The third kappa shape index (κ3) is 4.25. The van der Waals surface area contributed by atoms with Crippen LogP contribution >= 0.6 is 31.9 Å². The van der Waals surface area contributed by atoms with Gasteiger partial charge in [0.2, 0.25) is 5.91 Å². The molecule has 1 unspecified atom stereocenters. The van der Waals surface area contributed by atoms with E-state index in [9.17, 15) is 9.90 Å². The van der Waals surface area contributed by atoms with Gasteiger partial charge < -0.3 is 15.0 Å². The number of aliphatic hydroxyl groups is 1. The number of nitrogens with one attached hydrogen (secondary N) is 1. The quantitative estimate of drug-likeness (QED) is 0.520. The minimum Gasteiger partial charge on any atom is -0.391 e. The van der Waals surface area contributed by atoms with Crippen molar-refractivity contribution in [1.82, 2.24) is 9.88 Å². The van der Waals surface area contributed by atoms with Crippen molar-refractivity contribution in [1.29, 1.82) is 0 Å². The summed E-state index contributed by atoms with van der Waals surface area (Å²) in [4.78, 5) is 10.9. The number of carbonyl (C=O) groups is 1. The van der Waals surface area contributed by atoms with Crippen LogP contribution in [0.5, 0.6) is 0 Å². The maximum Gasteiger partial charge on any atom is 0.216 e. The first-order valence-electron chi connectivity index (χ1n) is 8.25. The second-order valence-corrected chi connectivity index (χ2v) is 8.04. The van der Waals surface area contributed by atoms with Crippen LogP contribution in [0.4, 0.5) is 0 Å². The van der Waals surface area contributed by atoms with Gasteiger partial charge in [0.05, 0.1) is 6.10 Å². The maximum atomic E-state index is 10.9. The minimum absolute atomic E-state index is 0.0342. The fourth-order valence-corrected chi connectivity index (χ4v) is 3.87. The van der Waals surface area contributed by atoms with E-state index >= 15 is 0 Å². The highest BCUT2D eigenvalue weighted by atomic mass is 79.9. The summed E-state index contributed by atoms with van der Waals surface area (Å²) in [6.07, 6.45) is 0.948. The molecule has 3 aromatic rings. The molecular formula is C19H20Br2N2O2. The van der Waals surface area contributed by atoms with Crippen molar-refractivity contribution in [2.45, 2.75) is 32.4 Å². The maximum absolute atomic E-state index is 10.9. The smallest absolute Gasteiger partial charge is 0.216 e. The number of fused-ring (bicyclic) bond motifs is 3. The van der Waals surface area contributed by atoms with Gasteiger partial charge in [-0.2, -0.15) is 0 Å². The van der Waals surface area contributed by atoms with E-state index < -0.39 is 6.10 Å².